The summed E-state index contributed by atoms with van der Waals surface area (Å²) in [5.41, 5.74) is 8.47. The normalized spacial score (nSPS) is 16.2. The Morgan fingerprint density at radius 2 is 0.900 bits per heavy atom. The van der Waals surface area contributed by atoms with Crippen LogP contribution in [-0.4, -0.2) is 0 Å². The Morgan fingerprint density at radius 1 is 0.500 bits per heavy atom. The number of thiophene rings is 2. The first kappa shape index (κ1) is 19.8. The van der Waals surface area contributed by atoms with Crippen LogP contribution in [0.3, 0.4) is 0 Å². The molecule has 2 heteroatoms. The molecule has 0 N–H and O–H groups in total. The monoisotopic (exact) mass is 428 g/mol. The third-order valence-electron chi connectivity index (χ3n) is 6.78. The summed E-state index contributed by atoms with van der Waals surface area (Å²) >= 11 is 3.76. The summed E-state index contributed by atoms with van der Waals surface area (Å²) in [4.78, 5) is 5.45. The lowest BCUT2D eigenvalue weighted by Gasteiger charge is -2.44. The van der Waals surface area contributed by atoms with Crippen molar-refractivity contribution < 1.29 is 0 Å². The molecule has 0 fully saturated rings. The molecule has 0 amide bonds. The molecule has 1 aliphatic carbocycles. The molecule has 0 spiro atoms. The first-order valence-electron chi connectivity index (χ1n) is 10.6. The van der Waals surface area contributed by atoms with E-state index in [9.17, 15) is 0 Å². The second kappa shape index (κ2) is 6.67. The van der Waals surface area contributed by atoms with E-state index >= 15 is 0 Å². The average molecular weight is 429 g/mol. The molecule has 152 valence electrons. The SMILES string of the molecule is Cc1ccc(-c2ccc3c(c2)C(C)(C)c2ccc(-c4ccc(C)s4)cc2C3(C)C)s1. The maximum absolute atomic E-state index is 2.45. The highest BCUT2D eigenvalue weighted by Crippen LogP contribution is 2.51. The summed E-state index contributed by atoms with van der Waals surface area (Å²) in [5, 5.41) is 0. The van der Waals surface area contributed by atoms with Crippen LogP contribution in [0.5, 0.6) is 0 Å². The third kappa shape index (κ3) is 2.92. The first-order chi connectivity index (χ1) is 14.2. The zero-order valence-electron chi connectivity index (χ0n) is 18.6. The molecule has 0 atom stereocenters. The lowest BCUT2D eigenvalue weighted by atomic mass is 9.59. The van der Waals surface area contributed by atoms with Gasteiger partial charge in [-0.05, 0) is 83.6 Å². The van der Waals surface area contributed by atoms with E-state index < -0.39 is 0 Å². The molecule has 2 heterocycles. The maximum Gasteiger partial charge on any atom is 0.0345 e. The number of hydrogen-bond donors (Lipinski definition) is 0. The smallest absolute Gasteiger partial charge is 0.0345 e. The van der Waals surface area contributed by atoms with Crippen LogP contribution in [0.4, 0.5) is 0 Å². The lowest BCUT2D eigenvalue weighted by Crippen LogP contribution is -2.36. The molecule has 5 rings (SSSR count). The number of fused-ring (bicyclic) bond motifs is 2. The fraction of sp³-hybridized carbons (Fsp3) is 0.286. The molecule has 0 saturated heterocycles. The highest BCUT2D eigenvalue weighted by atomic mass is 32.1. The quantitative estimate of drug-likeness (QED) is 0.299. The molecule has 0 unspecified atom stereocenters. The highest BCUT2D eigenvalue weighted by molar-refractivity contribution is 7.15. The Kier molecular flexibility index (Phi) is 4.40. The van der Waals surface area contributed by atoms with Crippen molar-refractivity contribution >= 4 is 22.7 Å². The Bertz CT molecular complexity index is 1160. The summed E-state index contributed by atoms with van der Waals surface area (Å²) in [7, 11) is 0. The first-order valence-corrected chi connectivity index (χ1v) is 12.2. The predicted molar refractivity (Wildman–Crippen MR) is 133 cm³/mol. The van der Waals surface area contributed by atoms with Crippen molar-refractivity contribution in [2.24, 2.45) is 0 Å². The van der Waals surface area contributed by atoms with Crippen molar-refractivity contribution in [3.63, 3.8) is 0 Å². The second-order valence-corrected chi connectivity index (χ2v) is 12.2. The average Bonchev–Trinajstić information content (AvgIpc) is 3.34. The lowest BCUT2D eigenvalue weighted by molar-refractivity contribution is 0.521. The van der Waals surface area contributed by atoms with Gasteiger partial charge in [-0.25, -0.2) is 0 Å². The largest absolute Gasteiger partial charge is 0.141 e. The van der Waals surface area contributed by atoms with E-state index in [0.717, 1.165) is 0 Å². The molecule has 0 saturated carbocycles. The molecule has 30 heavy (non-hydrogen) atoms. The van der Waals surface area contributed by atoms with Crippen molar-refractivity contribution in [2.45, 2.75) is 52.4 Å². The minimum absolute atomic E-state index is 0.0214. The van der Waals surface area contributed by atoms with Gasteiger partial charge in [-0.2, -0.15) is 0 Å². The fourth-order valence-electron chi connectivity index (χ4n) is 4.99. The zero-order valence-corrected chi connectivity index (χ0v) is 20.2. The van der Waals surface area contributed by atoms with Crippen LogP contribution < -0.4 is 0 Å². The van der Waals surface area contributed by atoms with E-state index in [-0.39, 0.29) is 10.8 Å². The standard InChI is InChI=1S/C28H28S2/c1-17-7-13-25(29-17)19-9-11-21-23(15-19)27(3,4)22-12-10-20(16-24(22)28(21,5)6)26-14-8-18(2)30-26/h7-16H,1-6H3. The van der Waals surface area contributed by atoms with Crippen molar-refractivity contribution in [3.8, 4) is 20.9 Å². The summed E-state index contributed by atoms with van der Waals surface area (Å²) < 4.78 is 0. The van der Waals surface area contributed by atoms with Gasteiger partial charge in [-0.1, -0.05) is 52.0 Å². The van der Waals surface area contributed by atoms with Crippen molar-refractivity contribution in [1.29, 1.82) is 0 Å². The van der Waals surface area contributed by atoms with Crippen LogP contribution in [0, 0.1) is 13.8 Å². The van der Waals surface area contributed by atoms with Gasteiger partial charge in [-0.3, -0.25) is 0 Å². The van der Waals surface area contributed by atoms with Gasteiger partial charge in [0.1, 0.15) is 0 Å². The molecule has 2 aromatic heterocycles. The number of aryl methyl sites for hydroxylation is 2. The summed E-state index contributed by atoms with van der Waals surface area (Å²) in [6.07, 6.45) is 0. The van der Waals surface area contributed by atoms with Gasteiger partial charge < -0.3 is 0 Å². The van der Waals surface area contributed by atoms with Crippen LogP contribution in [0.25, 0.3) is 20.9 Å². The van der Waals surface area contributed by atoms with Crippen LogP contribution in [-0.2, 0) is 10.8 Å². The van der Waals surface area contributed by atoms with Crippen LogP contribution in [0.2, 0.25) is 0 Å². The summed E-state index contributed by atoms with van der Waals surface area (Å²) in [6, 6.07) is 23.2. The molecule has 4 aromatic rings. The van der Waals surface area contributed by atoms with E-state index in [2.05, 4.69) is 102 Å². The predicted octanol–water partition coefficient (Wildman–Crippen LogP) is 8.73. The van der Waals surface area contributed by atoms with E-state index in [4.69, 9.17) is 0 Å². The Morgan fingerprint density at radius 3 is 1.23 bits per heavy atom. The van der Waals surface area contributed by atoms with E-state index in [1.165, 1.54) is 52.9 Å². The van der Waals surface area contributed by atoms with Gasteiger partial charge in [0, 0.05) is 30.3 Å². The second-order valence-electron chi connectivity index (χ2n) is 9.59. The van der Waals surface area contributed by atoms with E-state index in [1.54, 1.807) is 0 Å². The minimum Gasteiger partial charge on any atom is -0.141 e. The van der Waals surface area contributed by atoms with Gasteiger partial charge in [-0.15, -0.1) is 22.7 Å². The fourth-order valence-corrected chi connectivity index (χ4v) is 6.72. The molecule has 2 aromatic carbocycles. The zero-order chi connectivity index (χ0) is 21.3. The molecular formula is C28H28S2. The summed E-state index contributed by atoms with van der Waals surface area (Å²) in [5.74, 6) is 0. The van der Waals surface area contributed by atoms with Crippen LogP contribution in [0.1, 0.15) is 59.7 Å². The van der Waals surface area contributed by atoms with Gasteiger partial charge in [0.15, 0.2) is 0 Å². The molecule has 0 bridgehead atoms. The number of benzene rings is 2. The molecule has 0 nitrogen and oxygen atoms in total. The number of hydrogen-bond acceptors (Lipinski definition) is 2. The Hall–Kier alpha value is -2.16. The van der Waals surface area contributed by atoms with Gasteiger partial charge >= 0.3 is 0 Å². The van der Waals surface area contributed by atoms with Crippen molar-refractivity contribution in [2.75, 3.05) is 0 Å². The van der Waals surface area contributed by atoms with Crippen molar-refractivity contribution in [3.05, 3.63) is 92.7 Å². The third-order valence-corrected chi connectivity index (χ3v) is 8.88. The molecule has 0 aliphatic heterocycles. The van der Waals surface area contributed by atoms with Crippen LogP contribution >= 0.6 is 22.7 Å². The maximum atomic E-state index is 2.45. The minimum atomic E-state index is -0.0214. The Labute approximate surface area is 188 Å². The molecule has 0 radical (unpaired) electrons. The van der Waals surface area contributed by atoms with Crippen LogP contribution in [0.15, 0.2) is 60.7 Å². The van der Waals surface area contributed by atoms with Crippen molar-refractivity contribution in [1.82, 2.24) is 0 Å². The Balaban J connectivity index is 1.69. The van der Waals surface area contributed by atoms with E-state index in [1.807, 2.05) is 22.7 Å². The highest BCUT2D eigenvalue weighted by Gasteiger charge is 2.41. The van der Waals surface area contributed by atoms with Gasteiger partial charge in [0.25, 0.3) is 0 Å². The summed E-state index contributed by atoms with van der Waals surface area (Å²) in [6.45, 7) is 13.9. The van der Waals surface area contributed by atoms with Gasteiger partial charge in [0.2, 0.25) is 0 Å². The van der Waals surface area contributed by atoms with Gasteiger partial charge in [0.05, 0.1) is 0 Å². The number of rotatable bonds is 2. The molecule has 1 aliphatic rings. The topological polar surface area (TPSA) is 0 Å². The molecular weight excluding hydrogens is 400 g/mol. The van der Waals surface area contributed by atoms with E-state index in [0.29, 0.717) is 0 Å².